The van der Waals surface area contributed by atoms with Crippen molar-refractivity contribution < 1.29 is 9.18 Å². The fourth-order valence-electron chi connectivity index (χ4n) is 3.09. The molecule has 132 valence electrons. The smallest absolute Gasteiger partial charge is 0.225 e. The number of halogens is 2. The van der Waals surface area contributed by atoms with Crippen molar-refractivity contribution in [3.05, 3.63) is 64.9 Å². The van der Waals surface area contributed by atoms with Crippen LogP contribution in [-0.4, -0.2) is 37.0 Å². The number of piperazine rings is 1. The lowest BCUT2D eigenvalue weighted by molar-refractivity contribution is -0.116. The van der Waals surface area contributed by atoms with Gasteiger partial charge in [-0.1, -0.05) is 41.9 Å². The molecule has 0 radical (unpaired) electrons. The second kappa shape index (κ2) is 8.43. The van der Waals surface area contributed by atoms with E-state index in [2.05, 4.69) is 15.5 Å². The molecule has 2 N–H and O–H groups in total. The van der Waals surface area contributed by atoms with Gasteiger partial charge in [-0.05, 0) is 23.8 Å². The van der Waals surface area contributed by atoms with Crippen LogP contribution >= 0.6 is 11.6 Å². The van der Waals surface area contributed by atoms with E-state index in [0.29, 0.717) is 13.0 Å². The summed E-state index contributed by atoms with van der Waals surface area (Å²) in [6, 6.07) is 14.1. The van der Waals surface area contributed by atoms with E-state index in [1.807, 2.05) is 24.3 Å². The number of hydrogen-bond acceptors (Lipinski definition) is 3. The summed E-state index contributed by atoms with van der Waals surface area (Å²) in [7, 11) is 0. The molecule has 1 fully saturated rings. The van der Waals surface area contributed by atoms with Crippen LogP contribution in [0, 0.1) is 5.82 Å². The molecule has 3 rings (SSSR count). The first kappa shape index (κ1) is 17.9. The highest BCUT2D eigenvalue weighted by molar-refractivity contribution is 6.31. The molecular weight excluding hydrogens is 341 g/mol. The second-order valence-corrected chi connectivity index (χ2v) is 6.46. The molecule has 0 bridgehead atoms. The average molecular weight is 362 g/mol. The van der Waals surface area contributed by atoms with E-state index in [0.717, 1.165) is 30.2 Å². The molecule has 1 unspecified atom stereocenters. The van der Waals surface area contributed by atoms with Crippen molar-refractivity contribution in [3.8, 4) is 0 Å². The van der Waals surface area contributed by atoms with E-state index in [-0.39, 0.29) is 17.6 Å². The number of rotatable bonds is 5. The number of para-hydroxylation sites is 1. The van der Waals surface area contributed by atoms with Crippen LogP contribution in [0.1, 0.15) is 18.0 Å². The molecule has 2 aromatic rings. The van der Waals surface area contributed by atoms with Crippen LogP contribution in [-0.2, 0) is 4.79 Å². The first-order chi connectivity index (χ1) is 12.1. The van der Waals surface area contributed by atoms with Gasteiger partial charge in [-0.15, -0.1) is 0 Å². The van der Waals surface area contributed by atoms with Crippen LogP contribution in [0.4, 0.5) is 10.1 Å². The van der Waals surface area contributed by atoms with Crippen molar-refractivity contribution in [3.63, 3.8) is 0 Å². The molecule has 1 aliphatic heterocycles. The molecule has 0 aromatic heterocycles. The molecule has 6 heteroatoms. The van der Waals surface area contributed by atoms with Crippen LogP contribution in [0.2, 0.25) is 5.02 Å². The fourth-order valence-corrected chi connectivity index (χ4v) is 3.35. The van der Waals surface area contributed by atoms with Gasteiger partial charge < -0.3 is 10.6 Å². The third-order valence-electron chi connectivity index (χ3n) is 4.39. The maximum absolute atomic E-state index is 13.6. The van der Waals surface area contributed by atoms with Gasteiger partial charge in [0.1, 0.15) is 5.82 Å². The summed E-state index contributed by atoms with van der Waals surface area (Å²) < 4.78 is 13.6. The topological polar surface area (TPSA) is 44.4 Å². The number of carbonyl (C=O) groups is 1. The Bertz CT molecular complexity index is 740. The van der Waals surface area contributed by atoms with Crippen LogP contribution < -0.4 is 10.6 Å². The summed E-state index contributed by atoms with van der Waals surface area (Å²) in [6.45, 7) is 3.09. The molecular formula is C19H21ClFN3O. The third kappa shape index (κ3) is 4.57. The number of amides is 1. The minimum absolute atomic E-state index is 0.128. The van der Waals surface area contributed by atoms with Crippen molar-refractivity contribution in [2.45, 2.75) is 12.5 Å². The zero-order chi connectivity index (χ0) is 17.6. The van der Waals surface area contributed by atoms with Crippen molar-refractivity contribution >= 4 is 23.2 Å². The van der Waals surface area contributed by atoms with Crippen LogP contribution in [0.15, 0.2) is 48.5 Å². The van der Waals surface area contributed by atoms with E-state index in [1.165, 1.54) is 6.07 Å². The summed E-state index contributed by atoms with van der Waals surface area (Å²) in [5.74, 6) is -0.617. The largest absolute Gasteiger partial charge is 0.324 e. The van der Waals surface area contributed by atoms with Gasteiger partial charge in [0.15, 0.2) is 0 Å². The Morgan fingerprint density at radius 2 is 2.00 bits per heavy atom. The predicted octanol–water partition coefficient (Wildman–Crippen LogP) is 3.45. The number of anilines is 1. The zero-order valence-electron chi connectivity index (χ0n) is 13.8. The normalized spacial score (nSPS) is 18.1. The van der Waals surface area contributed by atoms with Crippen LogP contribution in [0.3, 0.4) is 0 Å². The number of benzene rings is 2. The molecule has 4 nitrogen and oxygen atoms in total. The van der Waals surface area contributed by atoms with Gasteiger partial charge in [-0.2, -0.15) is 0 Å². The second-order valence-electron chi connectivity index (χ2n) is 6.06. The summed E-state index contributed by atoms with van der Waals surface area (Å²) in [4.78, 5) is 14.4. The first-order valence-electron chi connectivity index (χ1n) is 8.39. The third-order valence-corrected chi connectivity index (χ3v) is 4.74. The quantitative estimate of drug-likeness (QED) is 0.857. The van der Waals surface area contributed by atoms with Gasteiger partial charge in [0.2, 0.25) is 5.91 Å². The van der Waals surface area contributed by atoms with Crippen molar-refractivity contribution in [1.29, 1.82) is 0 Å². The van der Waals surface area contributed by atoms with E-state index >= 15 is 0 Å². The predicted molar refractivity (Wildman–Crippen MR) is 98.3 cm³/mol. The average Bonchev–Trinajstić information content (AvgIpc) is 2.63. The van der Waals surface area contributed by atoms with Gasteiger partial charge in [-0.25, -0.2) is 4.39 Å². The highest BCUT2D eigenvalue weighted by Crippen LogP contribution is 2.28. The highest BCUT2D eigenvalue weighted by atomic mass is 35.5. The fraction of sp³-hybridized carbons (Fsp3) is 0.316. The monoisotopic (exact) mass is 361 g/mol. The minimum Gasteiger partial charge on any atom is -0.324 e. The Kier molecular flexibility index (Phi) is 6.02. The van der Waals surface area contributed by atoms with Gasteiger partial charge in [0.25, 0.3) is 0 Å². The van der Waals surface area contributed by atoms with Crippen molar-refractivity contribution in [1.82, 2.24) is 10.2 Å². The lowest BCUT2D eigenvalue weighted by Crippen LogP contribution is -2.46. The lowest BCUT2D eigenvalue weighted by Gasteiger charge is -2.36. The minimum atomic E-state index is -0.424. The summed E-state index contributed by atoms with van der Waals surface area (Å²) in [6.07, 6.45) is 0.301. The van der Waals surface area contributed by atoms with Gasteiger partial charge in [0.05, 0.1) is 5.69 Å². The number of nitrogens with zero attached hydrogens (tertiary/aromatic N) is 1. The molecule has 25 heavy (non-hydrogen) atoms. The summed E-state index contributed by atoms with van der Waals surface area (Å²) in [5, 5.41) is 6.74. The maximum atomic E-state index is 13.6. The Balaban J connectivity index is 1.61. The van der Waals surface area contributed by atoms with Gasteiger partial charge in [0, 0.05) is 43.7 Å². The molecule has 1 saturated heterocycles. The van der Waals surface area contributed by atoms with E-state index in [4.69, 9.17) is 11.6 Å². The lowest BCUT2D eigenvalue weighted by atomic mass is 10.0. The standard InChI is InChI=1S/C19H21ClFN3O/c20-15-6-2-1-5-14(15)18-13-22-10-12-24(18)11-9-19(25)23-17-8-4-3-7-16(17)21/h1-8,18,22H,9-13H2,(H,23,25). The molecule has 2 aromatic carbocycles. The van der Waals surface area contributed by atoms with E-state index in [1.54, 1.807) is 18.2 Å². The summed E-state index contributed by atoms with van der Waals surface area (Å²) >= 11 is 6.33. The Labute approximate surface area is 152 Å². The van der Waals surface area contributed by atoms with E-state index < -0.39 is 5.82 Å². The number of carbonyl (C=O) groups excluding carboxylic acids is 1. The zero-order valence-corrected chi connectivity index (χ0v) is 14.6. The Hall–Kier alpha value is -1.95. The first-order valence-corrected chi connectivity index (χ1v) is 8.76. The van der Waals surface area contributed by atoms with Crippen LogP contribution in [0.5, 0.6) is 0 Å². The van der Waals surface area contributed by atoms with Gasteiger partial charge >= 0.3 is 0 Å². The van der Waals surface area contributed by atoms with Crippen molar-refractivity contribution in [2.24, 2.45) is 0 Å². The molecule has 1 heterocycles. The molecule has 0 spiro atoms. The Morgan fingerprint density at radius 1 is 1.24 bits per heavy atom. The van der Waals surface area contributed by atoms with Crippen molar-refractivity contribution in [2.75, 3.05) is 31.5 Å². The Morgan fingerprint density at radius 3 is 2.80 bits per heavy atom. The van der Waals surface area contributed by atoms with E-state index in [9.17, 15) is 9.18 Å². The molecule has 0 saturated carbocycles. The number of nitrogens with one attached hydrogen (secondary N) is 2. The SMILES string of the molecule is O=C(CCN1CCNCC1c1ccccc1Cl)Nc1ccccc1F. The highest BCUT2D eigenvalue weighted by Gasteiger charge is 2.25. The van der Waals surface area contributed by atoms with Crippen LogP contribution in [0.25, 0.3) is 0 Å². The molecule has 1 atom stereocenters. The molecule has 1 aliphatic rings. The maximum Gasteiger partial charge on any atom is 0.225 e. The number of hydrogen-bond donors (Lipinski definition) is 2. The summed E-state index contributed by atoms with van der Waals surface area (Å²) in [5.41, 5.74) is 1.28. The molecule has 0 aliphatic carbocycles. The van der Waals surface area contributed by atoms with Gasteiger partial charge in [-0.3, -0.25) is 9.69 Å². The molecule has 1 amide bonds.